The zero-order valence-corrected chi connectivity index (χ0v) is 11.4. The number of nitrogens with two attached hydrogens (primary N) is 1. The number of fused-ring (bicyclic) bond motifs is 1. The smallest absolute Gasteiger partial charge is 0.127 e. The number of hydrogen-bond donors (Lipinski definition) is 2. The molecule has 1 atom stereocenters. The normalized spacial score (nSPS) is 12.9. The summed E-state index contributed by atoms with van der Waals surface area (Å²) in [5.41, 5.74) is 3.86. The highest BCUT2D eigenvalue weighted by molar-refractivity contribution is 7.18. The highest BCUT2D eigenvalue weighted by Gasteiger charge is 2.17. The van der Waals surface area contributed by atoms with Crippen molar-refractivity contribution in [3.05, 3.63) is 47.5 Å². The number of nitrogens with one attached hydrogen (secondary N) is 1. The molecule has 0 aliphatic rings. The third-order valence-electron chi connectivity index (χ3n) is 3.09. The topological polar surface area (TPSA) is 68.8 Å². The number of nitrogens with zero attached hydrogens (tertiary/aromatic N) is 3. The Hall–Kier alpha value is -1.76. The molecule has 0 fully saturated rings. The Kier molecular flexibility index (Phi) is 3.29. The van der Waals surface area contributed by atoms with Crippen molar-refractivity contribution >= 4 is 21.6 Å². The van der Waals surface area contributed by atoms with Crippen LogP contribution in [0.2, 0.25) is 0 Å². The van der Waals surface area contributed by atoms with E-state index in [0.717, 1.165) is 22.8 Å². The Balaban J connectivity index is 1.88. The lowest BCUT2D eigenvalue weighted by Crippen LogP contribution is -2.31. The number of para-hydroxylation sites is 1. The summed E-state index contributed by atoms with van der Waals surface area (Å²) in [7, 11) is 1.96. The average Bonchev–Trinajstić information content (AvgIpc) is 3.01. The molecule has 3 N–H and O–H groups in total. The van der Waals surface area contributed by atoms with Crippen molar-refractivity contribution in [2.45, 2.75) is 12.5 Å². The second-order valence-corrected chi connectivity index (χ2v) is 5.51. The fraction of sp³-hybridized carbons (Fsp3) is 0.231. The summed E-state index contributed by atoms with van der Waals surface area (Å²) < 4.78 is 3.17. The third-order valence-corrected chi connectivity index (χ3v) is 4.15. The van der Waals surface area contributed by atoms with Crippen molar-refractivity contribution in [1.29, 1.82) is 0 Å². The van der Waals surface area contributed by atoms with Gasteiger partial charge in [0.25, 0.3) is 0 Å². The Labute approximate surface area is 115 Å². The fourth-order valence-electron chi connectivity index (χ4n) is 2.12. The Morgan fingerprint density at radius 1 is 1.42 bits per heavy atom. The summed E-state index contributed by atoms with van der Waals surface area (Å²) >= 11 is 1.70. The first kappa shape index (κ1) is 12.3. The number of hydrogen-bond acceptors (Lipinski definition) is 5. The number of benzene rings is 1. The first-order chi connectivity index (χ1) is 9.28. The highest BCUT2D eigenvalue weighted by Crippen LogP contribution is 2.25. The zero-order valence-electron chi connectivity index (χ0n) is 10.6. The second-order valence-electron chi connectivity index (χ2n) is 4.40. The maximum Gasteiger partial charge on any atom is 0.127 e. The summed E-state index contributed by atoms with van der Waals surface area (Å²) in [5, 5.41) is 1.06. The van der Waals surface area contributed by atoms with E-state index >= 15 is 0 Å². The molecule has 2 heterocycles. The van der Waals surface area contributed by atoms with E-state index < -0.39 is 0 Å². The molecule has 6 heteroatoms. The molecule has 98 valence electrons. The molecule has 1 unspecified atom stereocenters. The van der Waals surface area contributed by atoms with E-state index in [-0.39, 0.29) is 6.04 Å². The fourth-order valence-corrected chi connectivity index (χ4v) is 3.13. The minimum atomic E-state index is -0.0273. The summed E-state index contributed by atoms with van der Waals surface area (Å²) in [6.07, 6.45) is 4.43. The van der Waals surface area contributed by atoms with Crippen LogP contribution in [0.4, 0.5) is 0 Å². The average molecular weight is 273 g/mol. The zero-order chi connectivity index (χ0) is 13.2. The lowest BCUT2D eigenvalue weighted by Gasteiger charge is -2.13. The highest BCUT2D eigenvalue weighted by atomic mass is 32.1. The molecule has 0 saturated heterocycles. The molecule has 2 aromatic heterocycles. The molecular formula is C13H15N5S. The largest absolute Gasteiger partial charge is 0.337 e. The van der Waals surface area contributed by atoms with E-state index in [2.05, 4.69) is 21.5 Å². The summed E-state index contributed by atoms with van der Waals surface area (Å²) in [6, 6.07) is 8.12. The molecule has 0 spiro atoms. The van der Waals surface area contributed by atoms with Gasteiger partial charge in [-0.15, -0.1) is 11.3 Å². The minimum absolute atomic E-state index is 0.0273. The number of rotatable bonds is 4. The van der Waals surface area contributed by atoms with Gasteiger partial charge in [-0.2, -0.15) is 0 Å². The van der Waals surface area contributed by atoms with E-state index in [1.165, 1.54) is 4.70 Å². The summed E-state index contributed by atoms with van der Waals surface area (Å²) in [5.74, 6) is 6.57. The first-order valence-corrected chi connectivity index (χ1v) is 6.87. The number of imidazole rings is 1. The van der Waals surface area contributed by atoms with Gasteiger partial charge >= 0.3 is 0 Å². The molecule has 0 aliphatic carbocycles. The van der Waals surface area contributed by atoms with Crippen molar-refractivity contribution in [2.75, 3.05) is 0 Å². The SMILES string of the molecule is Cn1ccnc1C(Cc1nc2ccccc2s1)NN. The van der Waals surface area contributed by atoms with Crippen LogP contribution in [0.25, 0.3) is 10.2 Å². The minimum Gasteiger partial charge on any atom is -0.337 e. The maximum absolute atomic E-state index is 5.65. The quantitative estimate of drug-likeness (QED) is 0.561. The lowest BCUT2D eigenvalue weighted by molar-refractivity contribution is 0.507. The molecular weight excluding hydrogens is 258 g/mol. The van der Waals surface area contributed by atoms with Crippen molar-refractivity contribution in [3.8, 4) is 0 Å². The van der Waals surface area contributed by atoms with E-state index in [4.69, 9.17) is 5.84 Å². The molecule has 3 aromatic rings. The Morgan fingerprint density at radius 2 is 2.26 bits per heavy atom. The van der Waals surface area contributed by atoms with E-state index in [0.29, 0.717) is 0 Å². The summed E-state index contributed by atoms with van der Waals surface area (Å²) in [6.45, 7) is 0. The molecule has 0 radical (unpaired) electrons. The second kappa shape index (κ2) is 5.08. The van der Waals surface area contributed by atoms with Gasteiger partial charge in [0.15, 0.2) is 0 Å². The predicted octanol–water partition coefficient (Wildman–Crippen LogP) is 1.78. The first-order valence-electron chi connectivity index (χ1n) is 6.05. The van der Waals surface area contributed by atoms with E-state index in [9.17, 15) is 0 Å². The standard InChI is InChI=1S/C13H15N5S/c1-18-7-6-15-13(18)10(17-14)8-12-16-9-4-2-3-5-11(9)19-12/h2-7,10,17H,8,14H2,1H3. The maximum atomic E-state index is 5.65. The molecule has 0 aliphatic heterocycles. The number of aryl methyl sites for hydroxylation is 1. The predicted molar refractivity (Wildman–Crippen MR) is 76.6 cm³/mol. The molecule has 0 bridgehead atoms. The molecule has 5 nitrogen and oxygen atoms in total. The van der Waals surface area contributed by atoms with E-state index in [1.54, 1.807) is 17.5 Å². The van der Waals surface area contributed by atoms with Crippen LogP contribution >= 0.6 is 11.3 Å². The van der Waals surface area contributed by atoms with Crippen LogP contribution in [0.1, 0.15) is 16.9 Å². The lowest BCUT2D eigenvalue weighted by atomic mass is 10.2. The van der Waals surface area contributed by atoms with Crippen LogP contribution in [0.3, 0.4) is 0 Å². The monoisotopic (exact) mass is 273 g/mol. The van der Waals surface area contributed by atoms with Gasteiger partial charge in [0.05, 0.1) is 21.3 Å². The van der Waals surface area contributed by atoms with Crippen LogP contribution in [0, 0.1) is 0 Å². The van der Waals surface area contributed by atoms with Crippen LogP contribution in [-0.2, 0) is 13.5 Å². The van der Waals surface area contributed by atoms with Crippen molar-refractivity contribution < 1.29 is 0 Å². The third kappa shape index (κ3) is 2.37. The van der Waals surface area contributed by atoms with Gasteiger partial charge in [0.2, 0.25) is 0 Å². The van der Waals surface area contributed by atoms with Crippen LogP contribution in [0.5, 0.6) is 0 Å². The van der Waals surface area contributed by atoms with Gasteiger partial charge in [-0.25, -0.2) is 15.4 Å². The van der Waals surface area contributed by atoms with Gasteiger partial charge in [-0.1, -0.05) is 12.1 Å². The van der Waals surface area contributed by atoms with Gasteiger partial charge in [0, 0.05) is 25.9 Å². The Morgan fingerprint density at radius 3 is 2.95 bits per heavy atom. The van der Waals surface area contributed by atoms with Crippen LogP contribution in [-0.4, -0.2) is 14.5 Å². The van der Waals surface area contributed by atoms with Gasteiger partial charge < -0.3 is 4.57 Å². The molecule has 3 rings (SSSR count). The molecule has 0 saturated carbocycles. The van der Waals surface area contributed by atoms with Crippen LogP contribution in [0.15, 0.2) is 36.7 Å². The molecule has 0 amide bonds. The van der Waals surface area contributed by atoms with Gasteiger partial charge in [-0.05, 0) is 12.1 Å². The molecule has 1 aromatic carbocycles. The number of thiazole rings is 1. The summed E-state index contributed by atoms with van der Waals surface area (Å²) in [4.78, 5) is 8.96. The Bertz CT molecular complexity index is 654. The van der Waals surface area contributed by atoms with Crippen molar-refractivity contribution in [3.63, 3.8) is 0 Å². The van der Waals surface area contributed by atoms with E-state index in [1.807, 2.05) is 36.0 Å². The van der Waals surface area contributed by atoms with Gasteiger partial charge in [0.1, 0.15) is 5.82 Å². The number of aromatic nitrogens is 3. The molecule has 19 heavy (non-hydrogen) atoms. The van der Waals surface area contributed by atoms with Crippen LogP contribution < -0.4 is 11.3 Å². The van der Waals surface area contributed by atoms with Gasteiger partial charge in [-0.3, -0.25) is 5.84 Å². The van der Waals surface area contributed by atoms with Crippen molar-refractivity contribution in [2.24, 2.45) is 12.9 Å². The van der Waals surface area contributed by atoms with Crippen molar-refractivity contribution in [1.82, 2.24) is 20.0 Å². The number of hydrazine groups is 1.